The van der Waals surface area contributed by atoms with Gasteiger partial charge in [-0.15, -0.1) is 0 Å². The van der Waals surface area contributed by atoms with Gasteiger partial charge in [0.25, 0.3) is 0 Å². The van der Waals surface area contributed by atoms with Crippen LogP contribution >= 0.6 is 23.2 Å². The molecule has 1 aliphatic rings. The third kappa shape index (κ3) is 3.18. The van der Waals surface area contributed by atoms with Crippen LogP contribution in [0.3, 0.4) is 0 Å². The number of benzene rings is 1. The maximum atomic E-state index is 14.0. The summed E-state index contributed by atoms with van der Waals surface area (Å²) >= 11 is 11.7. The predicted molar refractivity (Wildman–Crippen MR) is 86.4 cm³/mol. The van der Waals surface area contributed by atoms with Gasteiger partial charge in [0, 0.05) is 0 Å². The Morgan fingerprint density at radius 1 is 1.50 bits per heavy atom. The number of nitrogens with two attached hydrogens (primary N) is 1. The fraction of sp³-hybridized carbons (Fsp3) is 0.250. The smallest absolute Gasteiger partial charge is 0.338 e. The Morgan fingerprint density at radius 2 is 2.17 bits per heavy atom. The van der Waals surface area contributed by atoms with E-state index in [2.05, 4.69) is 0 Å². The third-order valence-corrected chi connectivity index (χ3v) is 4.22. The molecule has 2 rings (SSSR count). The van der Waals surface area contributed by atoms with Crippen molar-refractivity contribution < 1.29 is 18.7 Å². The molecule has 0 aliphatic carbocycles. The molecule has 0 amide bonds. The first kappa shape index (κ1) is 18.1. The molecule has 2 N–H and O–H groups in total. The Balaban J connectivity index is 2.69. The molecule has 0 bridgehead atoms. The molecule has 0 saturated heterocycles. The minimum Gasteiger partial charge on any atom is -0.463 e. The van der Waals surface area contributed by atoms with Crippen LogP contribution in [0.1, 0.15) is 25.3 Å². The molecule has 24 heavy (non-hydrogen) atoms. The summed E-state index contributed by atoms with van der Waals surface area (Å²) in [5.74, 6) is -2.43. The van der Waals surface area contributed by atoms with Crippen molar-refractivity contribution in [2.45, 2.75) is 19.8 Å². The minimum atomic E-state index is -0.966. The lowest BCUT2D eigenvalue weighted by Gasteiger charge is -2.27. The van der Waals surface area contributed by atoms with Crippen LogP contribution in [0.4, 0.5) is 4.39 Å². The molecule has 0 saturated carbocycles. The molecule has 1 atom stereocenters. The van der Waals surface area contributed by atoms with Gasteiger partial charge in [0.1, 0.15) is 23.2 Å². The lowest BCUT2D eigenvalue weighted by molar-refractivity contribution is -0.139. The van der Waals surface area contributed by atoms with Gasteiger partial charge in [-0.3, -0.25) is 0 Å². The van der Waals surface area contributed by atoms with Gasteiger partial charge in [-0.1, -0.05) is 23.2 Å². The Kier molecular flexibility index (Phi) is 5.37. The van der Waals surface area contributed by atoms with Gasteiger partial charge >= 0.3 is 5.97 Å². The van der Waals surface area contributed by atoms with E-state index >= 15 is 0 Å². The molecule has 0 spiro atoms. The topological polar surface area (TPSA) is 85.3 Å². The Labute approximate surface area is 148 Å². The van der Waals surface area contributed by atoms with Crippen LogP contribution in [0.15, 0.2) is 34.9 Å². The van der Waals surface area contributed by atoms with Crippen molar-refractivity contribution in [2.75, 3.05) is 6.61 Å². The highest BCUT2D eigenvalue weighted by molar-refractivity contribution is 6.42. The Morgan fingerprint density at radius 3 is 2.71 bits per heavy atom. The summed E-state index contributed by atoms with van der Waals surface area (Å²) in [6.45, 7) is 3.27. The average molecular weight is 371 g/mol. The van der Waals surface area contributed by atoms with Gasteiger partial charge in [0.05, 0.1) is 28.1 Å². The second-order valence-corrected chi connectivity index (χ2v) is 5.70. The molecule has 1 aromatic rings. The van der Waals surface area contributed by atoms with Crippen molar-refractivity contribution in [1.29, 1.82) is 5.26 Å². The number of nitriles is 1. The first-order chi connectivity index (χ1) is 11.3. The standard InChI is InChI=1S/C16H13Cl2FN2O3/c1-3-23-16(22)12-7(2)24-15(21)9(6-20)13(12)8-4-10(17)14(18)11(19)5-8/h4-5,13H,3,21H2,1-2H3. The summed E-state index contributed by atoms with van der Waals surface area (Å²) in [6.07, 6.45) is 0. The molecule has 1 heterocycles. The Hall–Kier alpha value is -2.23. The van der Waals surface area contributed by atoms with Gasteiger partial charge in [-0.25, -0.2) is 9.18 Å². The highest BCUT2D eigenvalue weighted by atomic mass is 35.5. The number of esters is 1. The van der Waals surface area contributed by atoms with Crippen molar-refractivity contribution in [1.82, 2.24) is 0 Å². The largest absolute Gasteiger partial charge is 0.463 e. The number of hydrogen-bond donors (Lipinski definition) is 1. The molecule has 126 valence electrons. The van der Waals surface area contributed by atoms with E-state index in [1.54, 1.807) is 6.92 Å². The summed E-state index contributed by atoms with van der Waals surface area (Å²) in [5, 5.41) is 9.11. The third-order valence-electron chi connectivity index (χ3n) is 3.44. The minimum absolute atomic E-state index is 0.0403. The highest BCUT2D eigenvalue weighted by Gasteiger charge is 2.36. The van der Waals surface area contributed by atoms with Crippen LogP contribution in [0.5, 0.6) is 0 Å². The quantitative estimate of drug-likeness (QED) is 0.646. The lowest BCUT2D eigenvalue weighted by Crippen LogP contribution is -2.25. The molecule has 0 radical (unpaired) electrons. The average Bonchev–Trinajstić information content (AvgIpc) is 2.51. The van der Waals surface area contributed by atoms with E-state index in [-0.39, 0.29) is 45.0 Å². The van der Waals surface area contributed by atoms with E-state index in [1.807, 2.05) is 6.07 Å². The number of rotatable bonds is 3. The SMILES string of the molecule is CCOC(=O)C1=C(C)OC(N)=C(C#N)C1c1cc(F)c(Cl)c(Cl)c1. The number of halogens is 3. The van der Waals surface area contributed by atoms with Crippen LogP contribution in [0.2, 0.25) is 10.0 Å². The van der Waals surface area contributed by atoms with E-state index in [4.69, 9.17) is 38.4 Å². The number of carbonyl (C=O) groups excluding carboxylic acids is 1. The van der Waals surface area contributed by atoms with Crippen molar-refractivity contribution in [3.63, 3.8) is 0 Å². The first-order valence-corrected chi connectivity index (χ1v) is 7.67. The van der Waals surface area contributed by atoms with E-state index in [0.717, 1.165) is 6.07 Å². The zero-order valence-corrected chi connectivity index (χ0v) is 14.3. The normalized spacial score (nSPS) is 17.4. The van der Waals surface area contributed by atoms with Crippen molar-refractivity contribution >= 4 is 29.2 Å². The lowest BCUT2D eigenvalue weighted by atomic mass is 9.83. The number of ether oxygens (including phenoxy) is 2. The highest BCUT2D eigenvalue weighted by Crippen LogP contribution is 2.41. The molecular formula is C16H13Cl2FN2O3. The van der Waals surface area contributed by atoms with Gasteiger partial charge in [-0.05, 0) is 31.5 Å². The van der Waals surface area contributed by atoms with Crippen LogP contribution in [-0.2, 0) is 14.3 Å². The number of carbonyl (C=O) groups is 1. The second-order valence-electron chi connectivity index (χ2n) is 4.91. The van der Waals surface area contributed by atoms with E-state index in [9.17, 15) is 14.4 Å². The molecule has 1 aliphatic heterocycles. The number of allylic oxidation sites excluding steroid dienone is 2. The van der Waals surface area contributed by atoms with Crippen molar-refractivity contribution in [3.05, 3.63) is 56.3 Å². The summed E-state index contributed by atoms with van der Waals surface area (Å²) < 4.78 is 24.3. The zero-order chi connectivity index (χ0) is 18.0. The molecule has 5 nitrogen and oxygen atoms in total. The van der Waals surface area contributed by atoms with Gasteiger partial charge in [0.2, 0.25) is 5.88 Å². The maximum Gasteiger partial charge on any atom is 0.338 e. The summed E-state index contributed by atoms with van der Waals surface area (Å²) in [6, 6.07) is 4.37. The number of hydrogen-bond acceptors (Lipinski definition) is 5. The van der Waals surface area contributed by atoms with Crippen LogP contribution in [0, 0.1) is 17.1 Å². The van der Waals surface area contributed by atoms with Crippen LogP contribution in [0.25, 0.3) is 0 Å². The second kappa shape index (κ2) is 7.12. The van der Waals surface area contributed by atoms with Gasteiger partial charge in [-0.2, -0.15) is 5.26 Å². The summed E-state index contributed by atoms with van der Waals surface area (Å²) in [4.78, 5) is 12.3. The van der Waals surface area contributed by atoms with Gasteiger partial charge in [0.15, 0.2) is 0 Å². The fourth-order valence-corrected chi connectivity index (χ4v) is 2.76. The van der Waals surface area contributed by atoms with Crippen molar-refractivity contribution in [3.8, 4) is 6.07 Å². The fourth-order valence-electron chi connectivity index (χ4n) is 2.43. The molecule has 1 aromatic carbocycles. The molecule has 0 aromatic heterocycles. The summed E-state index contributed by atoms with van der Waals surface area (Å²) in [5.41, 5.74) is 6.00. The molecular weight excluding hydrogens is 358 g/mol. The predicted octanol–water partition coefficient (Wildman–Crippen LogP) is 3.78. The zero-order valence-electron chi connectivity index (χ0n) is 12.8. The Bertz CT molecular complexity index is 789. The molecule has 0 fully saturated rings. The summed E-state index contributed by atoms with van der Waals surface area (Å²) in [7, 11) is 0. The van der Waals surface area contributed by atoms with Gasteiger partial charge < -0.3 is 15.2 Å². The van der Waals surface area contributed by atoms with E-state index < -0.39 is 17.7 Å². The van der Waals surface area contributed by atoms with Crippen LogP contribution in [-0.4, -0.2) is 12.6 Å². The van der Waals surface area contributed by atoms with E-state index in [1.165, 1.54) is 13.0 Å². The first-order valence-electron chi connectivity index (χ1n) is 6.91. The van der Waals surface area contributed by atoms with Crippen LogP contribution < -0.4 is 5.73 Å². The van der Waals surface area contributed by atoms with Crippen molar-refractivity contribution in [2.24, 2.45) is 5.73 Å². The maximum absolute atomic E-state index is 14.0. The molecule has 8 heteroatoms. The number of nitrogens with zero attached hydrogens (tertiary/aromatic N) is 1. The molecule has 1 unspecified atom stereocenters. The van der Waals surface area contributed by atoms with E-state index in [0.29, 0.717) is 0 Å². The monoisotopic (exact) mass is 370 g/mol.